The SMILES string of the molecule is O=C(CCl)N1CCN(S(=O)(=O)c2cccc([N+](=O)[O-])c2)CC1. The van der Waals surface area contributed by atoms with E-state index in [4.69, 9.17) is 11.6 Å². The van der Waals surface area contributed by atoms with E-state index in [1.807, 2.05) is 0 Å². The van der Waals surface area contributed by atoms with Crippen LogP contribution < -0.4 is 0 Å². The number of sulfonamides is 1. The summed E-state index contributed by atoms with van der Waals surface area (Å²) in [6.07, 6.45) is 0. The number of nitrogens with zero attached hydrogens (tertiary/aromatic N) is 3. The van der Waals surface area contributed by atoms with Gasteiger partial charge >= 0.3 is 0 Å². The average molecular weight is 348 g/mol. The van der Waals surface area contributed by atoms with Gasteiger partial charge in [-0.15, -0.1) is 11.6 Å². The number of alkyl halides is 1. The van der Waals surface area contributed by atoms with Crippen LogP contribution in [0.2, 0.25) is 0 Å². The maximum absolute atomic E-state index is 12.5. The highest BCUT2D eigenvalue weighted by Crippen LogP contribution is 2.22. The predicted octanol–water partition coefficient (Wildman–Crippen LogP) is 0.666. The Hall–Kier alpha value is -1.71. The molecule has 1 fully saturated rings. The molecular formula is C12H14ClN3O5S. The zero-order valence-corrected chi connectivity index (χ0v) is 13.1. The first-order valence-corrected chi connectivity index (χ1v) is 8.42. The monoisotopic (exact) mass is 347 g/mol. The van der Waals surface area contributed by atoms with Crippen LogP contribution in [0.15, 0.2) is 29.2 Å². The molecule has 0 N–H and O–H groups in total. The predicted molar refractivity (Wildman–Crippen MR) is 79.2 cm³/mol. The van der Waals surface area contributed by atoms with E-state index in [-0.39, 0.29) is 48.5 Å². The fourth-order valence-electron chi connectivity index (χ4n) is 2.17. The van der Waals surface area contributed by atoms with E-state index in [1.165, 1.54) is 27.4 Å². The molecule has 1 aliphatic rings. The van der Waals surface area contributed by atoms with Gasteiger partial charge in [-0.3, -0.25) is 14.9 Å². The summed E-state index contributed by atoms with van der Waals surface area (Å²) in [7, 11) is -3.82. The molecule has 1 aliphatic heterocycles. The Morgan fingerprint density at radius 1 is 1.27 bits per heavy atom. The summed E-state index contributed by atoms with van der Waals surface area (Å²) in [4.78, 5) is 22.9. The number of halogens is 1. The Labute approximate surface area is 132 Å². The van der Waals surface area contributed by atoms with Crippen molar-refractivity contribution in [2.75, 3.05) is 32.1 Å². The van der Waals surface area contributed by atoms with Crippen LogP contribution in [0.3, 0.4) is 0 Å². The molecule has 0 spiro atoms. The number of carbonyl (C=O) groups is 1. The van der Waals surface area contributed by atoms with Crippen LogP contribution in [0, 0.1) is 10.1 Å². The third kappa shape index (κ3) is 3.37. The molecule has 120 valence electrons. The second-order valence-electron chi connectivity index (χ2n) is 4.67. The average Bonchev–Trinajstić information content (AvgIpc) is 2.54. The van der Waals surface area contributed by atoms with Gasteiger partial charge in [0.2, 0.25) is 15.9 Å². The van der Waals surface area contributed by atoms with Crippen molar-refractivity contribution in [2.24, 2.45) is 0 Å². The normalized spacial score (nSPS) is 16.5. The highest BCUT2D eigenvalue weighted by molar-refractivity contribution is 7.89. The van der Waals surface area contributed by atoms with Crippen molar-refractivity contribution in [3.8, 4) is 0 Å². The van der Waals surface area contributed by atoms with Crippen molar-refractivity contribution < 1.29 is 18.1 Å². The first-order valence-electron chi connectivity index (χ1n) is 6.44. The highest BCUT2D eigenvalue weighted by Gasteiger charge is 2.30. The van der Waals surface area contributed by atoms with Crippen molar-refractivity contribution >= 4 is 33.2 Å². The number of nitro benzene ring substituents is 1. The lowest BCUT2D eigenvalue weighted by Gasteiger charge is -2.33. The lowest BCUT2D eigenvalue weighted by atomic mass is 10.3. The Balaban J connectivity index is 2.17. The molecule has 10 heteroatoms. The molecule has 0 saturated carbocycles. The summed E-state index contributed by atoms with van der Waals surface area (Å²) in [5.74, 6) is -0.383. The summed E-state index contributed by atoms with van der Waals surface area (Å²) >= 11 is 5.47. The largest absolute Gasteiger partial charge is 0.339 e. The Bertz CT molecular complexity index is 686. The van der Waals surface area contributed by atoms with Crippen molar-refractivity contribution in [1.82, 2.24) is 9.21 Å². The zero-order valence-electron chi connectivity index (χ0n) is 11.5. The molecule has 0 radical (unpaired) electrons. The number of non-ortho nitro benzene ring substituents is 1. The molecule has 8 nitrogen and oxygen atoms in total. The van der Waals surface area contributed by atoms with Gasteiger partial charge in [0.1, 0.15) is 5.88 Å². The van der Waals surface area contributed by atoms with E-state index in [0.717, 1.165) is 6.07 Å². The molecule has 0 aromatic heterocycles. The Morgan fingerprint density at radius 2 is 1.91 bits per heavy atom. The van der Waals surface area contributed by atoms with Crippen molar-refractivity contribution in [2.45, 2.75) is 4.90 Å². The van der Waals surface area contributed by atoms with Crippen molar-refractivity contribution in [3.05, 3.63) is 34.4 Å². The maximum atomic E-state index is 12.5. The van der Waals surface area contributed by atoms with Crippen LogP contribution in [0.4, 0.5) is 5.69 Å². The molecular weight excluding hydrogens is 334 g/mol. The van der Waals surface area contributed by atoms with Gasteiger partial charge < -0.3 is 4.90 Å². The van der Waals surface area contributed by atoms with Crippen LogP contribution in [0.1, 0.15) is 0 Å². The minimum Gasteiger partial charge on any atom is -0.339 e. The summed E-state index contributed by atoms with van der Waals surface area (Å²) in [6, 6.07) is 4.92. The Kier molecular flexibility index (Phi) is 4.99. The third-order valence-corrected chi connectivity index (χ3v) is 5.50. The number of rotatable bonds is 4. The molecule has 0 aliphatic carbocycles. The molecule has 1 heterocycles. The quantitative estimate of drug-likeness (QED) is 0.452. The lowest BCUT2D eigenvalue weighted by molar-refractivity contribution is -0.385. The molecule has 1 aromatic rings. The van der Waals surface area contributed by atoms with Crippen LogP contribution in [0.25, 0.3) is 0 Å². The second kappa shape index (κ2) is 6.59. The van der Waals surface area contributed by atoms with Gasteiger partial charge in [-0.1, -0.05) is 6.07 Å². The number of hydrogen-bond acceptors (Lipinski definition) is 5. The Morgan fingerprint density at radius 3 is 2.45 bits per heavy atom. The topological polar surface area (TPSA) is 101 Å². The van der Waals surface area contributed by atoms with E-state index in [2.05, 4.69) is 0 Å². The summed E-state index contributed by atoms with van der Waals surface area (Å²) in [6.45, 7) is 0.765. The van der Waals surface area contributed by atoms with Crippen LogP contribution in [-0.4, -0.2) is 60.5 Å². The number of amides is 1. The fraction of sp³-hybridized carbons (Fsp3) is 0.417. The first-order chi connectivity index (χ1) is 10.4. The molecule has 0 atom stereocenters. The van der Waals surface area contributed by atoms with Crippen LogP contribution in [-0.2, 0) is 14.8 Å². The number of piperazine rings is 1. The lowest BCUT2D eigenvalue weighted by Crippen LogP contribution is -2.50. The number of benzene rings is 1. The molecule has 0 unspecified atom stereocenters. The van der Waals surface area contributed by atoms with Gasteiger partial charge in [0, 0.05) is 38.3 Å². The highest BCUT2D eigenvalue weighted by atomic mass is 35.5. The van der Waals surface area contributed by atoms with Gasteiger partial charge in [0.15, 0.2) is 0 Å². The number of nitro groups is 1. The third-order valence-electron chi connectivity index (χ3n) is 3.37. The minimum absolute atomic E-state index is 0.126. The molecule has 1 saturated heterocycles. The van der Waals surface area contributed by atoms with E-state index < -0.39 is 14.9 Å². The summed E-state index contributed by atoms with van der Waals surface area (Å²) in [5.41, 5.74) is -0.281. The zero-order chi connectivity index (χ0) is 16.3. The minimum atomic E-state index is -3.82. The second-order valence-corrected chi connectivity index (χ2v) is 6.88. The fourth-order valence-corrected chi connectivity index (χ4v) is 3.80. The summed E-state index contributed by atoms with van der Waals surface area (Å²) in [5, 5.41) is 10.7. The van der Waals surface area contributed by atoms with E-state index in [0.29, 0.717) is 0 Å². The van der Waals surface area contributed by atoms with E-state index in [1.54, 1.807) is 0 Å². The number of carbonyl (C=O) groups excluding carboxylic acids is 1. The van der Waals surface area contributed by atoms with E-state index in [9.17, 15) is 23.3 Å². The van der Waals surface area contributed by atoms with E-state index >= 15 is 0 Å². The van der Waals surface area contributed by atoms with Gasteiger partial charge in [0.25, 0.3) is 5.69 Å². The van der Waals surface area contributed by atoms with Crippen molar-refractivity contribution in [1.29, 1.82) is 0 Å². The van der Waals surface area contributed by atoms with Crippen LogP contribution >= 0.6 is 11.6 Å². The smallest absolute Gasteiger partial charge is 0.270 e. The molecule has 0 bridgehead atoms. The van der Waals surface area contributed by atoms with Crippen molar-refractivity contribution in [3.63, 3.8) is 0 Å². The van der Waals surface area contributed by atoms with Gasteiger partial charge in [-0.05, 0) is 6.07 Å². The van der Waals surface area contributed by atoms with Gasteiger partial charge in [0.05, 0.1) is 9.82 Å². The van der Waals surface area contributed by atoms with Gasteiger partial charge in [-0.25, -0.2) is 8.42 Å². The van der Waals surface area contributed by atoms with Crippen LogP contribution in [0.5, 0.6) is 0 Å². The molecule has 1 aromatic carbocycles. The first kappa shape index (κ1) is 16.7. The maximum Gasteiger partial charge on any atom is 0.270 e. The molecule has 1 amide bonds. The summed E-state index contributed by atoms with van der Waals surface area (Å²) < 4.78 is 26.2. The molecule has 22 heavy (non-hydrogen) atoms. The number of hydrogen-bond donors (Lipinski definition) is 0. The standard InChI is InChI=1S/C12H14ClN3O5S/c13-9-12(17)14-4-6-15(7-5-14)22(20,21)11-3-1-2-10(8-11)16(18)19/h1-3,8H,4-7,9H2. The molecule has 2 rings (SSSR count). The van der Waals surface area contributed by atoms with Gasteiger partial charge in [-0.2, -0.15) is 4.31 Å².